The molecule has 8 nitrogen and oxygen atoms in total. The third-order valence-corrected chi connectivity index (χ3v) is 6.09. The van der Waals surface area contributed by atoms with Crippen LogP contribution in [0, 0.1) is 0 Å². The highest BCUT2D eigenvalue weighted by Crippen LogP contribution is 2.22. The highest BCUT2D eigenvalue weighted by atomic mass is 32.1. The van der Waals surface area contributed by atoms with E-state index < -0.39 is 0 Å². The molecule has 4 heterocycles. The van der Waals surface area contributed by atoms with Crippen molar-refractivity contribution in [2.24, 2.45) is 0 Å². The standard InChI is InChI=1S/C23H27N7OS/c1-18(6-4-2-3-5-7-27-22(31)20-14-25-8-9-26-20)21-16-30-19(17-32-23(30)28-21)15-29-12-10-24-11-13-29/h2-3,5-9,14,16-17,24H,4,10-13,15H2,1H3,(H,27,31)/b3-2?,7-5+,18-6+. The maximum absolute atomic E-state index is 11.9. The minimum Gasteiger partial charge on any atom is -0.327 e. The highest BCUT2D eigenvalue weighted by molar-refractivity contribution is 7.15. The summed E-state index contributed by atoms with van der Waals surface area (Å²) in [4.78, 5) is 28.0. The molecule has 0 unspecified atom stereocenters. The van der Waals surface area contributed by atoms with Gasteiger partial charge in [-0.1, -0.05) is 18.2 Å². The number of hydrogen-bond donors (Lipinski definition) is 2. The Hall–Kier alpha value is -3.14. The minimum atomic E-state index is -0.283. The van der Waals surface area contributed by atoms with Crippen molar-refractivity contribution in [2.45, 2.75) is 19.9 Å². The number of aromatic nitrogens is 4. The van der Waals surface area contributed by atoms with Crippen LogP contribution in [0.1, 0.15) is 35.2 Å². The van der Waals surface area contributed by atoms with E-state index in [0.717, 1.165) is 55.4 Å². The van der Waals surface area contributed by atoms with E-state index in [0.29, 0.717) is 0 Å². The van der Waals surface area contributed by atoms with Crippen molar-refractivity contribution >= 4 is 27.8 Å². The number of carbonyl (C=O) groups excluding carboxylic acids is 1. The third-order valence-electron chi connectivity index (χ3n) is 5.20. The molecule has 32 heavy (non-hydrogen) atoms. The van der Waals surface area contributed by atoms with Crippen LogP contribution in [0.5, 0.6) is 0 Å². The summed E-state index contributed by atoms with van der Waals surface area (Å²) in [5.74, 6) is -0.283. The van der Waals surface area contributed by atoms with Gasteiger partial charge in [0.1, 0.15) is 5.69 Å². The zero-order valence-electron chi connectivity index (χ0n) is 18.1. The zero-order valence-corrected chi connectivity index (χ0v) is 18.9. The van der Waals surface area contributed by atoms with Gasteiger partial charge in [-0.05, 0) is 25.0 Å². The van der Waals surface area contributed by atoms with Crippen molar-refractivity contribution in [1.29, 1.82) is 0 Å². The van der Waals surface area contributed by atoms with E-state index in [1.165, 1.54) is 24.3 Å². The molecule has 1 amide bonds. The molecule has 0 bridgehead atoms. The Kier molecular flexibility index (Phi) is 7.55. The number of piperazine rings is 1. The lowest BCUT2D eigenvalue weighted by molar-refractivity contribution is 0.0965. The SMILES string of the molecule is C/C(=C\CC=C/C=C/NC(=O)c1cnccn1)c1cn2c(CN3CCNCC3)csc2n1. The average molecular weight is 450 g/mol. The molecule has 4 rings (SSSR count). The predicted molar refractivity (Wildman–Crippen MR) is 127 cm³/mol. The average Bonchev–Trinajstić information content (AvgIpc) is 3.41. The van der Waals surface area contributed by atoms with Gasteiger partial charge < -0.3 is 10.6 Å². The fraction of sp³-hybridized carbons (Fsp3) is 0.304. The summed E-state index contributed by atoms with van der Waals surface area (Å²) >= 11 is 1.70. The molecule has 0 aromatic carbocycles. The Balaban J connectivity index is 1.28. The summed E-state index contributed by atoms with van der Waals surface area (Å²) in [7, 11) is 0. The molecular formula is C23H27N7OS. The monoisotopic (exact) mass is 449 g/mol. The Bertz CT molecular complexity index is 1120. The second-order valence-corrected chi connectivity index (χ2v) is 8.34. The first-order chi connectivity index (χ1) is 15.7. The van der Waals surface area contributed by atoms with Crippen LogP contribution in [0.15, 0.2) is 60.7 Å². The highest BCUT2D eigenvalue weighted by Gasteiger charge is 2.14. The van der Waals surface area contributed by atoms with Gasteiger partial charge in [0, 0.05) is 68.6 Å². The summed E-state index contributed by atoms with van der Waals surface area (Å²) in [6.45, 7) is 7.34. The van der Waals surface area contributed by atoms with Crippen LogP contribution in [0.3, 0.4) is 0 Å². The number of nitrogens with zero attached hydrogens (tertiary/aromatic N) is 5. The van der Waals surface area contributed by atoms with Crippen LogP contribution in [0.2, 0.25) is 0 Å². The molecule has 1 saturated heterocycles. The predicted octanol–water partition coefficient (Wildman–Crippen LogP) is 2.88. The van der Waals surface area contributed by atoms with Gasteiger partial charge in [0.15, 0.2) is 4.96 Å². The summed E-state index contributed by atoms with van der Waals surface area (Å²) in [6.07, 6.45) is 16.8. The van der Waals surface area contributed by atoms with Gasteiger partial charge >= 0.3 is 0 Å². The Morgan fingerprint density at radius 1 is 1.25 bits per heavy atom. The van der Waals surface area contributed by atoms with Crippen LogP contribution < -0.4 is 10.6 Å². The van der Waals surface area contributed by atoms with E-state index in [-0.39, 0.29) is 11.6 Å². The first-order valence-electron chi connectivity index (χ1n) is 10.6. The lowest BCUT2D eigenvalue weighted by Crippen LogP contribution is -2.43. The molecule has 1 aliphatic rings. The molecule has 0 spiro atoms. The van der Waals surface area contributed by atoms with Gasteiger partial charge in [-0.15, -0.1) is 11.3 Å². The second-order valence-electron chi connectivity index (χ2n) is 7.51. The van der Waals surface area contributed by atoms with Crippen LogP contribution in [-0.4, -0.2) is 56.3 Å². The van der Waals surface area contributed by atoms with E-state index in [9.17, 15) is 4.79 Å². The molecule has 0 saturated carbocycles. The van der Waals surface area contributed by atoms with Crippen molar-refractivity contribution in [2.75, 3.05) is 26.2 Å². The molecule has 0 radical (unpaired) electrons. The molecule has 3 aromatic heterocycles. The number of rotatable bonds is 8. The molecular weight excluding hydrogens is 422 g/mol. The molecule has 1 aliphatic heterocycles. The summed E-state index contributed by atoms with van der Waals surface area (Å²) in [5, 5.41) is 8.28. The Morgan fingerprint density at radius 2 is 2.12 bits per heavy atom. The van der Waals surface area contributed by atoms with Gasteiger partial charge in [-0.3, -0.25) is 19.1 Å². The number of imidazole rings is 1. The van der Waals surface area contributed by atoms with Crippen molar-refractivity contribution in [1.82, 2.24) is 34.9 Å². The van der Waals surface area contributed by atoms with E-state index in [2.05, 4.69) is 54.5 Å². The zero-order chi connectivity index (χ0) is 22.2. The Labute approximate surface area is 191 Å². The fourth-order valence-electron chi connectivity index (χ4n) is 3.41. The number of hydrogen-bond acceptors (Lipinski definition) is 7. The lowest BCUT2D eigenvalue weighted by atomic mass is 10.2. The fourth-order valence-corrected chi connectivity index (χ4v) is 4.27. The van der Waals surface area contributed by atoms with Crippen molar-refractivity contribution < 1.29 is 4.79 Å². The quantitative estimate of drug-likeness (QED) is 0.514. The van der Waals surface area contributed by atoms with Crippen LogP contribution in [0.4, 0.5) is 0 Å². The number of allylic oxidation sites excluding steroid dienone is 5. The lowest BCUT2D eigenvalue weighted by Gasteiger charge is -2.26. The molecule has 0 aliphatic carbocycles. The third kappa shape index (κ3) is 5.76. The van der Waals surface area contributed by atoms with Crippen molar-refractivity contribution in [3.05, 3.63) is 77.8 Å². The van der Waals surface area contributed by atoms with Gasteiger partial charge in [-0.2, -0.15) is 0 Å². The number of nitrogens with one attached hydrogen (secondary N) is 2. The number of fused-ring (bicyclic) bond motifs is 1. The smallest absolute Gasteiger partial charge is 0.275 e. The van der Waals surface area contributed by atoms with E-state index in [1.807, 2.05) is 12.2 Å². The topological polar surface area (TPSA) is 87.5 Å². The molecule has 3 aromatic rings. The van der Waals surface area contributed by atoms with E-state index in [4.69, 9.17) is 4.98 Å². The maximum Gasteiger partial charge on any atom is 0.275 e. The maximum atomic E-state index is 11.9. The molecule has 166 valence electrons. The van der Waals surface area contributed by atoms with Gasteiger partial charge in [-0.25, -0.2) is 9.97 Å². The first kappa shape index (κ1) is 22.1. The second kappa shape index (κ2) is 10.9. The molecule has 0 atom stereocenters. The summed E-state index contributed by atoms with van der Waals surface area (Å²) < 4.78 is 2.22. The minimum absolute atomic E-state index is 0.283. The van der Waals surface area contributed by atoms with Gasteiger partial charge in [0.2, 0.25) is 0 Å². The summed E-state index contributed by atoms with van der Waals surface area (Å²) in [6, 6.07) is 0. The van der Waals surface area contributed by atoms with Crippen LogP contribution in [0.25, 0.3) is 10.5 Å². The van der Waals surface area contributed by atoms with Crippen LogP contribution in [-0.2, 0) is 6.54 Å². The Morgan fingerprint density at radius 3 is 2.94 bits per heavy atom. The number of thiazole rings is 1. The normalized spacial score (nSPS) is 15.8. The van der Waals surface area contributed by atoms with Gasteiger partial charge in [0.25, 0.3) is 5.91 Å². The van der Waals surface area contributed by atoms with Crippen LogP contribution >= 0.6 is 11.3 Å². The molecule has 2 N–H and O–H groups in total. The molecule has 1 fully saturated rings. The van der Waals surface area contributed by atoms with E-state index >= 15 is 0 Å². The number of amides is 1. The van der Waals surface area contributed by atoms with E-state index in [1.54, 1.807) is 23.6 Å². The largest absolute Gasteiger partial charge is 0.327 e. The number of carbonyl (C=O) groups is 1. The van der Waals surface area contributed by atoms with Crippen molar-refractivity contribution in [3.63, 3.8) is 0 Å². The van der Waals surface area contributed by atoms with Crippen molar-refractivity contribution in [3.8, 4) is 0 Å². The molecule has 9 heteroatoms. The first-order valence-corrected chi connectivity index (χ1v) is 11.5. The van der Waals surface area contributed by atoms with Gasteiger partial charge in [0.05, 0.1) is 11.9 Å². The summed E-state index contributed by atoms with van der Waals surface area (Å²) in [5.41, 5.74) is 3.75.